The van der Waals surface area contributed by atoms with Crippen molar-refractivity contribution in [2.24, 2.45) is 0 Å². The third-order valence-corrected chi connectivity index (χ3v) is 5.83. The number of anilines is 1. The predicted molar refractivity (Wildman–Crippen MR) is 83.1 cm³/mol. The van der Waals surface area contributed by atoms with Gasteiger partial charge in [0.2, 0.25) is 0 Å². The number of rotatable bonds is 4. The van der Waals surface area contributed by atoms with Gasteiger partial charge in [-0.25, -0.2) is 8.42 Å². The maximum absolute atomic E-state index is 11.8. The molecular weight excluding hydrogens is 272 g/mol. The zero-order valence-electron chi connectivity index (χ0n) is 12.3. The molecule has 1 atom stereocenters. The lowest BCUT2D eigenvalue weighted by atomic mass is 10.1. The Morgan fingerprint density at radius 2 is 1.90 bits per heavy atom. The minimum Gasteiger partial charge on any atom is -0.372 e. The van der Waals surface area contributed by atoms with Gasteiger partial charge in [0.05, 0.1) is 10.6 Å². The number of nitrogens with zero attached hydrogens (tertiary/aromatic N) is 1. The van der Waals surface area contributed by atoms with Gasteiger partial charge >= 0.3 is 0 Å². The van der Waals surface area contributed by atoms with Gasteiger partial charge in [-0.3, -0.25) is 0 Å². The van der Waals surface area contributed by atoms with Crippen molar-refractivity contribution in [1.82, 2.24) is 5.32 Å². The summed E-state index contributed by atoms with van der Waals surface area (Å²) in [4.78, 5) is 2.69. The minimum atomic E-state index is -3.10. The SMILES string of the molecule is CCS(=O)(=O)c1ccc(N(C)C2CCCNCC2)cc1. The highest BCUT2D eigenvalue weighted by molar-refractivity contribution is 7.91. The first kappa shape index (κ1) is 15.3. The van der Waals surface area contributed by atoms with Crippen molar-refractivity contribution in [3.05, 3.63) is 24.3 Å². The third-order valence-electron chi connectivity index (χ3n) is 4.08. The van der Waals surface area contributed by atoms with Crippen molar-refractivity contribution < 1.29 is 8.42 Å². The Balaban J connectivity index is 2.12. The zero-order valence-corrected chi connectivity index (χ0v) is 13.1. The van der Waals surface area contributed by atoms with Gasteiger partial charge in [0.1, 0.15) is 0 Å². The van der Waals surface area contributed by atoms with Gasteiger partial charge in [-0.2, -0.15) is 0 Å². The molecule has 1 saturated heterocycles. The molecule has 1 fully saturated rings. The summed E-state index contributed by atoms with van der Waals surface area (Å²) in [5, 5.41) is 3.41. The Morgan fingerprint density at radius 3 is 2.55 bits per heavy atom. The van der Waals surface area contributed by atoms with Gasteiger partial charge in [0.25, 0.3) is 0 Å². The molecule has 1 heterocycles. The second kappa shape index (κ2) is 6.59. The van der Waals surface area contributed by atoms with Crippen LogP contribution in [0.25, 0.3) is 0 Å². The van der Waals surface area contributed by atoms with E-state index in [-0.39, 0.29) is 5.75 Å². The van der Waals surface area contributed by atoms with Crippen LogP contribution in [0.15, 0.2) is 29.2 Å². The fraction of sp³-hybridized carbons (Fsp3) is 0.600. The Hall–Kier alpha value is -1.07. The lowest BCUT2D eigenvalue weighted by molar-refractivity contribution is 0.566. The molecule has 0 aliphatic carbocycles. The van der Waals surface area contributed by atoms with Crippen LogP contribution < -0.4 is 10.2 Å². The van der Waals surface area contributed by atoms with E-state index in [2.05, 4.69) is 17.3 Å². The molecule has 1 aliphatic rings. The highest BCUT2D eigenvalue weighted by Crippen LogP contribution is 2.22. The van der Waals surface area contributed by atoms with E-state index in [1.54, 1.807) is 19.1 Å². The Kier molecular flexibility index (Phi) is 5.05. The van der Waals surface area contributed by atoms with Crippen LogP contribution in [0.5, 0.6) is 0 Å². The van der Waals surface area contributed by atoms with E-state index in [4.69, 9.17) is 0 Å². The number of hydrogen-bond donors (Lipinski definition) is 1. The van der Waals surface area contributed by atoms with Gasteiger partial charge in [0, 0.05) is 18.8 Å². The molecule has 1 aromatic carbocycles. The summed E-state index contributed by atoms with van der Waals surface area (Å²) < 4.78 is 23.6. The monoisotopic (exact) mass is 296 g/mol. The Bertz CT molecular complexity index is 517. The summed E-state index contributed by atoms with van der Waals surface area (Å²) in [6, 6.07) is 7.81. The summed E-state index contributed by atoms with van der Waals surface area (Å²) in [7, 11) is -1.00. The van der Waals surface area contributed by atoms with Crippen LogP contribution in [0, 0.1) is 0 Å². The highest BCUT2D eigenvalue weighted by atomic mass is 32.2. The average Bonchev–Trinajstić information content (AvgIpc) is 2.75. The fourth-order valence-corrected chi connectivity index (χ4v) is 3.54. The average molecular weight is 296 g/mol. The first-order valence-electron chi connectivity index (χ1n) is 7.31. The molecule has 1 aliphatic heterocycles. The van der Waals surface area contributed by atoms with E-state index < -0.39 is 9.84 Å². The van der Waals surface area contributed by atoms with E-state index in [1.165, 1.54) is 12.8 Å². The zero-order chi connectivity index (χ0) is 14.6. The van der Waals surface area contributed by atoms with E-state index in [0.29, 0.717) is 10.9 Å². The molecule has 0 bridgehead atoms. The molecule has 1 unspecified atom stereocenters. The molecule has 1 aromatic rings. The smallest absolute Gasteiger partial charge is 0.178 e. The first-order valence-corrected chi connectivity index (χ1v) is 8.96. The molecule has 2 rings (SSSR count). The maximum atomic E-state index is 11.8. The van der Waals surface area contributed by atoms with Crippen molar-refractivity contribution in [1.29, 1.82) is 0 Å². The van der Waals surface area contributed by atoms with Crippen LogP contribution in [0.3, 0.4) is 0 Å². The Morgan fingerprint density at radius 1 is 1.20 bits per heavy atom. The molecule has 0 aromatic heterocycles. The molecular formula is C15H24N2O2S. The molecule has 4 nitrogen and oxygen atoms in total. The van der Waals surface area contributed by atoms with Crippen LogP contribution in [0.2, 0.25) is 0 Å². The van der Waals surface area contributed by atoms with Crippen molar-refractivity contribution in [2.45, 2.75) is 37.1 Å². The van der Waals surface area contributed by atoms with Crippen LogP contribution in [0.4, 0.5) is 5.69 Å². The lowest BCUT2D eigenvalue weighted by Crippen LogP contribution is -2.32. The fourth-order valence-electron chi connectivity index (χ4n) is 2.65. The predicted octanol–water partition coefficient (Wildman–Crippen LogP) is 2.06. The summed E-state index contributed by atoms with van der Waals surface area (Å²) in [6.45, 7) is 3.82. The molecule has 0 amide bonds. The maximum Gasteiger partial charge on any atom is 0.178 e. The number of nitrogens with one attached hydrogen (secondary N) is 1. The first-order chi connectivity index (χ1) is 9.54. The van der Waals surface area contributed by atoms with Gasteiger partial charge in [-0.1, -0.05) is 6.92 Å². The van der Waals surface area contributed by atoms with Crippen LogP contribution >= 0.6 is 0 Å². The molecule has 5 heteroatoms. The molecule has 20 heavy (non-hydrogen) atoms. The lowest BCUT2D eigenvalue weighted by Gasteiger charge is -2.29. The van der Waals surface area contributed by atoms with E-state index in [9.17, 15) is 8.42 Å². The molecule has 0 radical (unpaired) electrons. The molecule has 0 spiro atoms. The summed E-state index contributed by atoms with van der Waals surface area (Å²) in [6.07, 6.45) is 3.50. The topological polar surface area (TPSA) is 49.4 Å². The normalized spacial score (nSPS) is 20.4. The second-order valence-corrected chi connectivity index (χ2v) is 7.62. The van der Waals surface area contributed by atoms with Crippen molar-refractivity contribution in [3.8, 4) is 0 Å². The molecule has 0 saturated carbocycles. The molecule has 1 N–H and O–H groups in total. The number of sulfone groups is 1. The van der Waals surface area contributed by atoms with Crippen LogP contribution in [-0.4, -0.2) is 40.3 Å². The number of benzene rings is 1. The summed E-state index contributed by atoms with van der Waals surface area (Å²) in [5.41, 5.74) is 1.09. The van der Waals surface area contributed by atoms with Gasteiger partial charge < -0.3 is 10.2 Å². The number of hydrogen-bond acceptors (Lipinski definition) is 4. The van der Waals surface area contributed by atoms with Crippen molar-refractivity contribution in [2.75, 3.05) is 30.8 Å². The third kappa shape index (κ3) is 3.52. The summed E-state index contributed by atoms with van der Waals surface area (Å²) >= 11 is 0. The van der Waals surface area contributed by atoms with Gasteiger partial charge in [-0.15, -0.1) is 0 Å². The van der Waals surface area contributed by atoms with Crippen LogP contribution in [0.1, 0.15) is 26.2 Å². The second-order valence-electron chi connectivity index (χ2n) is 5.34. The standard InChI is InChI=1S/C15H24N2O2S/c1-3-20(18,19)15-8-6-14(7-9-15)17(2)13-5-4-11-16-12-10-13/h6-9,13,16H,3-5,10-12H2,1-2H3. The van der Waals surface area contributed by atoms with Gasteiger partial charge in [-0.05, 0) is 56.6 Å². The van der Waals surface area contributed by atoms with Crippen LogP contribution in [-0.2, 0) is 9.84 Å². The van der Waals surface area contributed by atoms with Crippen molar-refractivity contribution >= 4 is 15.5 Å². The highest BCUT2D eigenvalue weighted by Gasteiger charge is 2.18. The van der Waals surface area contributed by atoms with E-state index >= 15 is 0 Å². The summed E-state index contributed by atoms with van der Waals surface area (Å²) in [5.74, 6) is 0.149. The van der Waals surface area contributed by atoms with E-state index in [0.717, 1.165) is 25.2 Å². The van der Waals surface area contributed by atoms with Crippen molar-refractivity contribution in [3.63, 3.8) is 0 Å². The minimum absolute atomic E-state index is 0.149. The Labute approximate surface area is 122 Å². The largest absolute Gasteiger partial charge is 0.372 e. The van der Waals surface area contributed by atoms with Gasteiger partial charge in [0.15, 0.2) is 9.84 Å². The molecule has 112 valence electrons. The quantitative estimate of drug-likeness (QED) is 0.924. The van der Waals surface area contributed by atoms with E-state index in [1.807, 2.05) is 12.1 Å².